The summed E-state index contributed by atoms with van der Waals surface area (Å²) in [4.78, 5) is 0. The van der Waals surface area contributed by atoms with Crippen molar-refractivity contribution in [2.24, 2.45) is 5.92 Å². The minimum atomic E-state index is -2.78. The van der Waals surface area contributed by atoms with E-state index in [2.05, 4.69) is 43.3 Å². The topological polar surface area (TPSA) is 0 Å². The van der Waals surface area contributed by atoms with E-state index in [1.165, 1.54) is 38.2 Å². The maximum atomic E-state index is 14.4. The molecular weight excluding hydrogens is 357 g/mol. The van der Waals surface area contributed by atoms with Crippen LogP contribution in [0, 0.1) is 18.7 Å². The quantitative estimate of drug-likeness (QED) is 0.446. The lowest BCUT2D eigenvalue weighted by atomic mass is 9.78. The van der Waals surface area contributed by atoms with Gasteiger partial charge < -0.3 is 0 Å². The summed E-state index contributed by atoms with van der Waals surface area (Å²) < 4.78 is 40.5. The Morgan fingerprint density at radius 1 is 0.964 bits per heavy atom. The lowest BCUT2D eigenvalue weighted by Crippen LogP contribution is -2.11. The van der Waals surface area contributed by atoms with Crippen LogP contribution in [0.25, 0.3) is 0 Å². The third kappa shape index (κ3) is 4.87. The highest BCUT2D eigenvalue weighted by Crippen LogP contribution is 2.36. The van der Waals surface area contributed by atoms with E-state index in [1.807, 2.05) is 0 Å². The molecule has 0 unspecified atom stereocenters. The van der Waals surface area contributed by atoms with Gasteiger partial charge in [-0.15, -0.1) is 0 Å². The normalized spacial score (nSPS) is 20.2. The minimum Gasteiger partial charge on any atom is -0.206 e. The van der Waals surface area contributed by atoms with Gasteiger partial charge in [-0.1, -0.05) is 48.6 Å². The molecule has 28 heavy (non-hydrogen) atoms. The van der Waals surface area contributed by atoms with E-state index < -0.39 is 17.8 Å². The molecule has 0 heterocycles. The zero-order valence-corrected chi connectivity index (χ0v) is 16.7. The number of rotatable bonds is 6. The Morgan fingerprint density at radius 2 is 1.64 bits per heavy atom. The van der Waals surface area contributed by atoms with Crippen molar-refractivity contribution in [1.82, 2.24) is 0 Å². The second-order valence-electron chi connectivity index (χ2n) is 7.95. The van der Waals surface area contributed by atoms with Crippen LogP contribution in [0.2, 0.25) is 0 Å². The van der Waals surface area contributed by atoms with E-state index in [9.17, 15) is 13.2 Å². The predicted octanol–water partition coefficient (Wildman–Crippen LogP) is 7.71. The first kappa shape index (κ1) is 20.7. The van der Waals surface area contributed by atoms with Gasteiger partial charge in [0.1, 0.15) is 5.82 Å². The first-order valence-electron chi connectivity index (χ1n) is 10.3. The zero-order valence-electron chi connectivity index (χ0n) is 16.7. The molecule has 1 aliphatic rings. The summed E-state index contributed by atoms with van der Waals surface area (Å²) >= 11 is 0. The molecule has 0 nitrogen and oxygen atoms in total. The van der Waals surface area contributed by atoms with Crippen LogP contribution in [0.5, 0.6) is 0 Å². The van der Waals surface area contributed by atoms with Gasteiger partial charge in [-0.25, -0.2) is 13.2 Å². The summed E-state index contributed by atoms with van der Waals surface area (Å²) in [6, 6.07) is 11.8. The molecule has 1 fully saturated rings. The second kappa shape index (κ2) is 9.45. The Balaban J connectivity index is 1.61. The smallest absolute Gasteiger partial charge is 0.206 e. The van der Waals surface area contributed by atoms with Crippen LogP contribution in [0.1, 0.15) is 72.8 Å². The molecule has 0 radical (unpaired) electrons. The molecule has 0 bridgehead atoms. The van der Waals surface area contributed by atoms with Gasteiger partial charge >= 0.3 is 0 Å². The van der Waals surface area contributed by atoms with Crippen LogP contribution in [0.15, 0.2) is 48.6 Å². The molecule has 0 spiro atoms. The summed E-state index contributed by atoms with van der Waals surface area (Å²) in [5.41, 5.74) is 2.72. The first-order valence-corrected chi connectivity index (χ1v) is 10.3. The molecule has 2 aromatic rings. The maximum absolute atomic E-state index is 14.4. The van der Waals surface area contributed by atoms with Crippen molar-refractivity contribution < 1.29 is 13.2 Å². The van der Waals surface area contributed by atoms with E-state index in [4.69, 9.17) is 0 Å². The fraction of sp³-hybridized carbons (Fsp3) is 0.440. The second-order valence-corrected chi connectivity index (χ2v) is 7.95. The number of hydrogen-bond acceptors (Lipinski definition) is 0. The largest absolute Gasteiger partial charge is 0.266 e. The summed E-state index contributed by atoms with van der Waals surface area (Å²) in [6.45, 7) is 3.61. The average Bonchev–Trinajstić information content (AvgIpc) is 2.68. The van der Waals surface area contributed by atoms with Crippen molar-refractivity contribution in [2.75, 3.05) is 0 Å². The van der Waals surface area contributed by atoms with Crippen LogP contribution in [0.4, 0.5) is 13.2 Å². The fourth-order valence-electron chi connectivity index (χ4n) is 4.35. The van der Waals surface area contributed by atoms with E-state index in [0.717, 1.165) is 11.5 Å². The number of benzene rings is 2. The number of hydrogen-bond donors (Lipinski definition) is 0. The summed E-state index contributed by atoms with van der Waals surface area (Å²) in [6.07, 6.45) is 7.72. The number of halogens is 3. The zero-order chi connectivity index (χ0) is 20.1. The molecule has 1 saturated carbocycles. The van der Waals surface area contributed by atoms with E-state index >= 15 is 0 Å². The van der Waals surface area contributed by atoms with Crippen LogP contribution >= 0.6 is 0 Å². The monoisotopic (exact) mass is 386 g/mol. The van der Waals surface area contributed by atoms with Gasteiger partial charge in [0.25, 0.3) is 6.43 Å². The molecule has 2 aromatic carbocycles. The number of allylic oxidation sites excluding steroid dienone is 2. The molecule has 1 aliphatic carbocycles. The van der Waals surface area contributed by atoms with Crippen molar-refractivity contribution >= 4 is 0 Å². The van der Waals surface area contributed by atoms with Gasteiger partial charge in [-0.3, -0.25) is 0 Å². The van der Waals surface area contributed by atoms with Crippen molar-refractivity contribution in [2.45, 2.75) is 64.7 Å². The SMILES string of the molecule is C/C=C/C1CCC(c2ccc(CCc3ccc(C)c(C(F)F)c3F)cc2)CC1. The molecule has 150 valence electrons. The molecule has 0 saturated heterocycles. The van der Waals surface area contributed by atoms with Gasteiger partial charge in [-0.05, 0) is 86.5 Å². The molecule has 3 rings (SSSR count). The van der Waals surface area contributed by atoms with Gasteiger partial charge in [-0.2, -0.15) is 0 Å². The summed E-state index contributed by atoms with van der Waals surface area (Å²) in [5, 5.41) is 0. The van der Waals surface area contributed by atoms with Gasteiger partial charge in [0.2, 0.25) is 0 Å². The molecule has 0 N–H and O–H groups in total. The highest BCUT2D eigenvalue weighted by atomic mass is 19.3. The predicted molar refractivity (Wildman–Crippen MR) is 109 cm³/mol. The third-order valence-electron chi connectivity index (χ3n) is 6.07. The van der Waals surface area contributed by atoms with Crippen molar-refractivity contribution in [3.05, 3.63) is 82.2 Å². The molecule has 3 heteroatoms. The van der Waals surface area contributed by atoms with Crippen LogP contribution in [-0.2, 0) is 12.8 Å². The Kier molecular flexibility index (Phi) is 6.98. The first-order chi connectivity index (χ1) is 13.5. The summed E-state index contributed by atoms with van der Waals surface area (Å²) in [7, 11) is 0. The highest BCUT2D eigenvalue weighted by Gasteiger charge is 2.21. The van der Waals surface area contributed by atoms with Crippen molar-refractivity contribution in [3.8, 4) is 0 Å². The van der Waals surface area contributed by atoms with Crippen LogP contribution in [-0.4, -0.2) is 0 Å². The summed E-state index contributed by atoms with van der Waals surface area (Å²) in [5.74, 6) is 0.603. The number of aryl methyl sites for hydroxylation is 3. The highest BCUT2D eigenvalue weighted by molar-refractivity contribution is 5.35. The van der Waals surface area contributed by atoms with Gasteiger partial charge in [0.15, 0.2) is 0 Å². The van der Waals surface area contributed by atoms with Crippen LogP contribution < -0.4 is 0 Å². The third-order valence-corrected chi connectivity index (χ3v) is 6.07. The number of alkyl halides is 2. The lowest BCUT2D eigenvalue weighted by molar-refractivity contribution is 0.145. The molecule has 0 atom stereocenters. The van der Waals surface area contributed by atoms with E-state index in [1.54, 1.807) is 12.1 Å². The Labute approximate surface area is 166 Å². The standard InChI is InChI=1S/C25H29F3/c1-3-4-18-6-12-20(13-7-18)21-14-8-19(9-15-21)10-16-22-11-5-17(2)23(24(22)26)25(27)28/h3-5,8-9,11,14-15,18,20,25H,6-7,10,12-13,16H2,1-2H3/b4-3+. The van der Waals surface area contributed by atoms with Crippen molar-refractivity contribution in [3.63, 3.8) is 0 Å². The van der Waals surface area contributed by atoms with Crippen molar-refractivity contribution in [1.29, 1.82) is 0 Å². The Morgan fingerprint density at radius 3 is 2.25 bits per heavy atom. The maximum Gasteiger partial charge on any atom is 0.266 e. The Hall–Kier alpha value is -2.03. The molecule has 0 amide bonds. The fourth-order valence-corrected chi connectivity index (χ4v) is 4.35. The average molecular weight is 387 g/mol. The Bertz CT molecular complexity index is 797. The lowest BCUT2D eigenvalue weighted by Gasteiger charge is -2.27. The van der Waals surface area contributed by atoms with Gasteiger partial charge in [0, 0.05) is 0 Å². The van der Waals surface area contributed by atoms with Crippen LogP contribution in [0.3, 0.4) is 0 Å². The van der Waals surface area contributed by atoms with E-state index in [0.29, 0.717) is 29.9 Å². The van der Waals surface area contributed by atoms with Gasteiger partial charge in [0.05, 0.1) is 5.56 Å². The molecular formula is C25H29F3. The molecule has 0 aromatic heterocycles. The molecule has 0 aliphatic heterocycles. The van der Waals surface area contributed by atoms with E-state index in [-0.39, 0.29) is 0 Å². The minimum absolute atomic E-state index is 0.310.